The van der Waals surface area contributed by atoms with Crippen molar-refractivity contribution in [1.82, 2.24) is 10.3 Å². The Balaban J connectivity index is 1.76. The van der Waals surface area contributed by atoms with Crippen LogP contribution in [0.25, 0.3) is 10.2 Å². The van der Waals surface area contributed by atoms with Gasteiger partial charge in [-0.25, -0.2) is 4.98 Å². The SMILES string of the molecule is Cc1nc2ccc(NC(=O)[C@@H](NC(=O)c3ccccc3Cl)C(C)C)cc2s1. The number of fused-ring (bicyclic) bond motifs is 1. The number of hydrogen-bond acceptors (Lipinski definition) is 4. The lowest BCUT2D eigenvalue weighted by atomic mass is 10.0. The van der Waals surface area contributed by atoms with Crippen molar-refractivity contribution in [2.24, 2.45) is 5.92 Å². The minimum absolute atomic E-state index is 0.0918. The van der Waals surface area contributed by atoms with Crippen molar-refractivity contribution in [2.45, 2.75) is 26.8 Å². The molecule has 27 heavy (non-hydrogen) atoms. The molecule has 140 valence electrons. The topological polar surface area (TPSA) is 71.1 Å². The number of carbonyl (C=O) groups excluding carboxylic acids is 2. The molecule has 1 heterocycles. The summed E-state index contributed by atoms with van der Waals surface area (Å²) in [7, 11) is 0. The number of nitrogens with one attached hydrogen (secondary N) is 2. The van der Waals surface area contributed by atoms with Gasteiger partial charge in [-0.1, -0.05) is 37.6 Å². The van der Waals surface area contributed by atoms with Crippen LogP contribution >= 0.6 is 22.9 Å². The lowest BCUT2D eigenvalue weighted by Crippen LogP contribution is -2.47. The Labute approximate surface area is 166 Å². The van der Waals surface area contributed by atoms with E-state index in [1.807, 2.05) is 39.0 Å². The normalized spacial score (nSPS) is 12.2. The molecule has 0 bridgehead atoms. The number of carbonyl (C=O) groups is 2. The molecular formula is C20H20ClN3O2S. The number of hydrogen-bond donors (Lipinski definition) is 2. The predicted molar refractivity (Wildman–Crippen MR) is 111 cm³/mol. The van der Waals surface area contributed by atoms with Crippen LogP contribution in [0.3, 0.4) is 0 Å². The largest absolute Gasteiger partial charge is 0.340 e. The third-order valence-electron chi connectivity index (χ3n) is 4.12. The smallest absolute Gasteiger partial charge is 0.253 e. The van der Waals surface area contributed by atoms with E-state index in [0.29, 0.717) is 16.3 Å². The molecule has 0 aliphatic carbocycles. The average molecular weight is 402 g/mol. The maximum atomic E-state index is 12.8. The first-order valence-corrected chi connectivity index (χ1v) is 9.78. The van der Waals surface area contributed by atoms with Crippen LogP contribution in [0.4, 0.5) is 5.69 Å². The van der Waals surface area contributed by atoms with Crippen molar-refractivity contribution in [3.8, 4) is 0 Å². The first-order valence-electron chi connectivity index (χ1n) is 8.58. The maximum absolute atomic E-state index is 12.8. The van der Waals surface area contributed by atoms with E-state index in [1.165, 1.54) is 0 Å². The fourth-order valence-electron chi connectivity index (χ4n) is 2.74. The minimum Gasteiger partial charge on any atom is -0.340 e. The molecule has 0 aliphatic rings. The van der Waals surface area contributed by atoms with E-state index in [4.69, 9.17) is 11.6 Å². The van der Waals surface area contributed by atoms with E-state index in [-0.39, 0.29) is 17.7 Å². The molecule has 7 heteroatoms. The molecule has 2 amide bonds. The number of rotatable bonds is 5. The summed E-state index contributed by atoms with van der Waals surface area (Å²) in [5, 5.41) is 7.00. The Morgan fingerprint density at radius 3 is 2.59 bits per heavy atom. The van der Waals surface area contributed by atoms with Gasteiger partial charge in [-0.05, 0) is 43.2 Å². The van der Waals surface area contributed by atoms with Crippen molar-refractivity contribution >= 4 is 50.7 Å². The summed E-state index contributed by atoms with van der Waals surface area (Å²) in [5.41, 5.74) is 1.93. The van der Waals surface area contributed by atoms with Crippen LogP contribution in [0.1, 0.15) is 29.2 Å². The number of thiazole rings is 1. The maximum Gasteiger partial charge on any atom is 0.253 e. The van der Waals surface area contributed by atoms with E-state index in [2.05, 4.69) is 15.6 Å². The third kappa shape index (κ3) is 4.46. The van der Waals surface area contributed by atoms with Gasteiger partial charge in [0.15, 0.2) is 0 Å². The van der Waals surface area contributed by atoms with E-state index in [1.54, 1.807) is 35.6 Å². The van der Waals surface area contributed by atoms with Crippen LogP contribution in [0.15, 0.2) is 42.5 Å². The van der Waals surface area contributed by atoms with Gasteiger partial charge < -0.3 is 10.6 Å². The van der Waals surface area contributed by atoms with Crippen LogP contribution in [0.5, 0.6) is 0 Å². The van der Waals surface area contributed by atoms with Gasteiger partial charge in [0.05, 0.1) is 25.8 Å². The average Bonchev–Trinajstić information content (AvgIpc) is 2.98. The molecule has 0 aliphatic heterocycles. The fraction of sp³-hybridized carbons (Fsp3) is 0.250. The Kier molecular flexibility index (Phi) is 5.77. The third-order valence-corrected chi connectivity index (χ3v) is 5.38. The van der Waals surface area contributed by atoms with Gasteiger partial charge in [0.2, 0.25) is 5.91 Å². The molecule has 0 unspecified atom stereocenters. The molecule has 0 saturated heterocycles. The quantitative estimate of drug-likeness (QED) is 0.653. The van der Waals surface area contributed by atoms with E-state index < -0.39 is 6.04 Å². The van der Waals surface area contributed by atoms with Crippen molar-refractivity contribution in [2.75, 3.05) is 5.32 Å². The number of nitrogens with zero attached hydrogens (tertiary/aromatic N) is 1. The molecule has 5 nitrogen and oxygen atoms in total. The van der Waals surface area contributed by atoms with Gasteiger partial charge in [-0.3, -0.25) is 9.59 Å². The van der Waals surface area contributed by atoms with Crippen LogP contribution < -0.4 is 10.6 Å². The summed E-state index contributed by atoms with van der Waals surface area (Å²) < 4.78 is 1.01. The molecule has 2 N–H and O–H groups in total. The summed E-state index contributed by atoms with van der Waals surface area (Å²) >= 11 is 7.65. The molecule has 3 rings (SSSR count). The molecular weight excluding hydrogens is 382 g/mol. The monoisotopic (exact) mass is 401 g/mol. The highest BCUT2D eigenvalue weighted by molar-refractivity contribution is 7.18. The zero-order chi connectivity index (χ0) is 19.6. The van der Waals surface area contributed by atoms with Crippen molar-refractivity contribution in [3.63, 3.8) is 0 Å². The molecule has 0 spiro atoms. The molecule has 0 radical (unpaired) electrons. The second kappa shape index (κ2) is 8.06. The summed E-state index contributed by atoms with van der Waals surface area (Å²) in [6.07, 6.45) is 0. The number of benzene rings is 2. The van der Waals surface area contributed by atoms with Crippen molar-refractivity contribution in [1.29, 1.82) is 0 Å². The van der Waals surface area contributed by atoms with Crippen LogP contribution in [-0.2, 0) is 4.79 Å². The van der Waals surface area contributed by atoms with E-state index in [9.17, 15) is 9.59 Å². The Bertz CT molecular complexity index is 1000. The number of halogens is 1. The Hall–Kier alpha value is -2.44. The Morgan fingerprint density at radius 1 is 1.15 bits per heavy atom. The molecule has 0 fully saturated rings. The number of aryl methyl sites for hydroxylation is 1. The molecule has 2 aromatic carbocycles. The van der Waals surface area contributed by atoms with Gasteiger partial charge in [0.1, 0.15) is 6.04 Å². The standard InChI is InChI=1S/C20H20ClN3O2S/c1-11(2)18(24-19(25)14-6-4-5-7-15(14)21)20(26)23-13-8-9-16-17(10-13)27-12(3)22-16/h4-11,18H,1-3H3,(H,23,26)(H,24,25)/t18-/m0/s1. The summed E-state index contributed by atoms with van der Waals surface area (Å²) in [5.74, 6) is -0.736. The van der Waals surface area contributed by atoms with Gasteiger partial charge >= 0.3 is 0 Å². The van der Waals surface area contributed by atoms with Gasteiger partial charge in [0, 0.05) is 5.69 Å². The minimum atomic E-state index is -0.687. The second-order valence-electron chi connectivity index (χ2n) is 6.58. The first kappa shape index (κ1) is 19.3. The fourth-order valence-corrected chi connectivity index (χ4v) is 3.82. The second-order valence-corrected chi connectivity index (χ2v) is 8.22. The Morgan fingerprint density at radius 2 is 1.89 bits per heavy atom. The van der Waals surface area contributed by atoms with Crippen molar-refractivity contribution in [3.05, 3.63) is 58.1 Å². The lowest BCUT2D eigenvalue weighted by molar-refractivity contribution is -0.118. The van der Waals surface area contributed by atoms with Crippen LogP contribution in [-0.4, -0.2) is 22.8 Å². The van der Waals surface area contributed by atoms with Crippen molar-refractivity contribution < 1.29 is 9.59 Å². The highest BCUT2D eigenvalue weighted by Gasteiger charge is 2.25. The van der Waals surface area contributed by atoms with Gasteiger partial charge in [0.25, 0.3) is 5.91 Å². The summed E-state index contributed by atoms with van der Waals surface area (Å²) in [6.45, 7) is 5.71. The van der Waals surface area contributed by atoms with Gasteiger partial charge in [-0.2, -0.15) is 0 Å². The first-order chi connectivity index (χ1) is 12.8. The molecule has 1 aromatic heterocycles. The summed E-state index contributed by atoms with van der Waals surface area (Å²) in [6, 6.07) is 11.7. The summed E-state index contributed by atoms with van der Waals surface area (Å²) in [4.78, 5) is 29.7. The van der Waals surface area contributed by atoms with Gasteiger partial charge in [-0.15, -0.1) is 11.3 Å². The number of amides is 2. The van der Waals surface area contributed by atoms with E-state index >= 15 is 0 Å². The number of anilines is 1. The molecule has 3 aromatic rings. The van der Waals surface area contributed by atoms with Crippen LogP contribution in [0, 0.1) is 12.8 Å². The zero-order valence-corrected chi connectivity index (χ0v) is 16.8. The number of aromatic nitrogens is 1. The highest BCUT2D eigenvalue weighted by Crippen LogP contribution is 2.25. The zero-order valence-electron chi connectivity index (χ0n) is 15.2. The van der Waals surface area contributed by atoms with Crippen LogP contribution in [0.2, 0.25) is 5.02 Å². The molecule has 0 saturated carbocycles. The predicted octanol–water partition coefficient (Wildman–Crippen LogP) is 4.65. The highest BCUT2D eigenvalue weighted by atomic mass is 35.5. The lowest BCUT2D eigenvalue weighted by Gasteiger charge is -2.22. The molecule has 1 atom stereocenters. The van der Waals surface area contributed by atoms with E-state index in [0.717, 1.165) is 15.2 Å².